The third kappa shape index (κ3) is 1.73. The summed E-state index contributed by atoms with van der Waals surface area (Å²) in [5, 5.41) is 0. The fraction of sp³-hybridized carbons (Fsp3) is 0.500. The highest BCUT2D eigenvalue weighted by molar-refractivity contribution is 6.02. The van der Waals surface area contributed by atoms with Gasteiger partial charge in [0.15, 0.2) is 5.41 Å². The first-order chi connectivity index (χ1) is 10.1. The topological polar surface area (TPSA) is 65.1 Å². The zero-order valence-electron chi connectivity index (χ0n) is 12.1. The van der Waals surface area contributed by atoms with Gasteiger partial charge in [0, 0.05) is 0 Å². The molecule has 1 saturated carbocycles. The van der Waals surface area contributed by atoms with Crippen molar-refractivity contribution < 1.29 is 23.8 Å². The van der Waals surface area contributed by atoms with Crippen LogP contribution in [0.1, 0.15) is 30.9 Å². The molecule has 2 fully saturated rings. The summed E-state index contributed by atoms with van der Waals surface area (Å²) in [6.07, 6.45) is 1.51. The maximum atomic E-state index is 12.4. The molecule has 0 bridgehead atoms. The molecule has 2 atom stereocenters. The summed E-state index contributed by atoms with van der Waals surface area (Å²) in [5.41, 5.74) is -1.21. The van der Waals surface area contributed by atoms with Crippen LogP contribution >= 0.6 is 0 Å². The summed E-state index contributed by atoms with van der Waals surface area (Å²) in [4.78, 5) is 24.7. The molecule has 0 aromatic heterocycles. The SMILES string of the molecule is COC(=O)C1(C(=O)OC)CCCC12OC2c1ccccc1. The van der Waals surface area contributed by atoms with Crippen LogP contribution in [0.4, 0.5) is 0 Å². The molecule has 2 aliphatic rings. The standard InChI is InChI=1S/C16H18O5/c1-19-13(17)15(14(18)20-2)9-6-10-16(15)12(21-16)11-7-4-3-5-8-11/h3-5,7-8,12H,6,9-10H2,1-2H3. The summed E-state index contributed by atoms with van der Waals surface area (Å²) in [6.45, 7) is 0. The fourth-order valence-electron chi connectivity index (χ4n) is 3.68. The Bertz CT molecular complexity index is 551. The van der Waals surface area contributed by atoms with Crippen LogP contribution in [-0.4, -0.2) is 31.8 Å². The molecular formula is C16H18O5. The Balaban J connectivity index is 2.02. The predicted molar refractivity (Wildman–Crippen MR) is 73.3 cm³/mol. The van der Waals surface area contributed by atoms with Crippen LogP contribution in [0.2, 0.25) is 0 Å². The van der Waals surface area contributed by atoms with Gasteiger partial charge >= 0.3 is 11.9 Å². The van der Waals surface area contributed by atoms with Gasteiger partial charge in [0.2, 0.25) is 0 Å². The van der Waals surface area contributed by atoms with Crippen molar-refractivity contribution >= 4 is 11.9 Å². The molecular weight excluding hydrogens is 272 g/mol. The average Bonchev–Trinajstić information content (AvgIpc) is 3.13. The Hall–Kier alpha value is -1.88. The van der Waals surface area contributed by atoms with Crippen molar-refractivity contribution in [3.8, 4) is 0 Å². The average molecular weight is 290 g/mol. The first-order valence-corrected chi connectivity index (χ1v) is 7.02. The maximum absolute atomic E-state index is 12.4. The summed E-state index contributed by atoms with van der Waals surface area (Å²) >= 11 is 0. The van der Waals surface area contributed by atoms with E-state index in [1.165, 1.54) is 14.2 Å². The van der Waals surface area contributed by atoms with E-state index in [-0.39, 0.29) is 6.10 Å². The highest BCUT2D eigenvalue weighted by atomic mass is 16.6. The molecule has 0 amide bonds. The molecule has 1 aromatic carbocycles. The van der Waals surface area contributed by atoms with Crippen molar-refractivity contribution in [1.82, 2.24) is 0 Å². The second-order valence-corrected chi connectivity index (χ2v) is 5.54. The highest BCUT2D eigenvalue weighted by Crippen LogP contribution is 2.68. The maximum Gasteiger partial charge on any atom is 0.326 e. The molecule has 21 heavy (non-hydrogen) atoms. The number of rotatable bonds is 3. The van der Waals surface area contributed by atoms with Gasteiger partial charge in [0.1, 0.15) is 11.7 Å². The minimum atomic E-state index is -1.35. The molecule has 1 heterocycles. The quantitative estimate of drug-likeness (QED) is 0.484. The van der Waals surface area contributed by atoms with E-state index in [0.717, 1.165) is 12.0 Å². The van der Waals surface area contributed by atoms with E-state index < -0.39 is 23.0 Å². The first-order valence-electron chi connectivity index (χ1n) is 7.02. The lowest BCUT2D eigenvalue weighted by Gasteiger charge is -2.28. The monoisotopic (exact) mass is 290 g/mol. The third-order valence-corrected chi connectivity index (χ3v) is 4.69. The van der Waals surface area contributed by atoms with Gasteiger partial charge in [0.25, 0.3) is 0 Å². The number of carbonyl (C=O) groups excluding carboxylic acids is 2. The summed E-state index contributed by atoms with van der Waals surface area (Å²) in [5.74, 6) is -1.13. The van der Waals surface area contributed by atoms with Gasteiger partial charge in [0.05, 0.1) is 14.2 Å². The Morgan fingerprint density at radius 3 is 2.29 bits per heavy atom. The van der Waals surface area contributed by atoms with Crippen LogP contribution in [0.15, 0.2) is 30.3 Å². The Morgan fingerprint density at radius 1 is 1.10 bits per heavy atom. The number of epoxide rings is 1. The number of methoxy groups -OCH3 is 2. The summed E-state index contributed by atoms with van der Waals surface area (Å²) in [7, 11) is 2.58. The zero-order chi connectivity index (χ0) is 15.1. The van der Waals surface area contributed by atoms with Gasteiger partial charge in [-0.2, -0.15) is 0 Å². The summed E-state index contributed by atoms with van der Waals surface area (Å²) < 4.78 is 15.7. The Kier molecular flexibility index (Phi) is 3.24. The van der Waals surface area contributed by atoms with Gasteiger partial charge in [-0.05, 0) is 24.8 Å². The second-order valence-electron chi connectivity index (χ2n) is 5.54. The molecule has 1 aliphatic carbocycles. The minimum absolute atomic E-state index is 0.264. The number of carbonyl (C=O) groups is 2. The largest absolute Gasteiger partial charge is 0.468 e. The molecule has 2 unspecified atom stereocenters. The van der Waals surface area contributed by atoms with Crippen LogP contribution < -0.4 is 0 Å². The van der Waals surface area contributed by atoms with Crippen LogP contribution in [0, 0.1) is 5.41 Å². The van der Waals surface area contributed by atoms with Crippen LogP contribution in [0.5, 0.6) is 0 Å². The lowest BCUT2D eigenvalue weighted by Crippen LogP contribution is -2.49. The number of hydrogen-bond donors (Lipinski definition) is 0. The lowest BCUT2D eigenvalue weighted by atomic mass is 9.74. The molecule has 0 radical (unpaired) electrons. The number of hydrogen-bond acceptors (Lipinski definition) is 5. The predicted octanol–water partition coefficient (Wildman–Crippen LogP) is 2.01. The van der Waals surface area contributed by atoms with Crippen molar-refractivity contribution in [2.75, 3.05) is 14.2 Å². The van der Waals surface area contributed by atoms with E-state index in [1.807, 2.05) is 30.3 Å². The van der Waals surface area contributed by atoms with Gasteiger partial charge in [-0.1, -0.05) is 30.3 Å². The lowest BCUT2D eigenvalue weighted by molar-refractivity contribution is -0.173. The number of esters is 2. The highest BCUT2D eigenvalue weighted by Gasteiger charge is 2.78. The van der Waals surface area contributed by atoms with Gasteiger partial charge in [-0.15, -0.1) is 0 Å². The second kappa shape index (κ2) is 4.84. The molecule has 112 valence electrons. The van der Waals surface area contributed by atoms with Gasteiger partial charge in [-0.25, -0.2) is 0 Å². The fourth-order valence-corrected chi connectivity index (χ4v) is 3.68. The Morgan fingerprint density at radius 2 is 1.71 bits per heavy atom. The van der Waals surface area contributed by atoms with Crippen molar-refractivity contribution in [3.63, 3.8) is 0 Å². The van der Waals surface area contributed by atoms with E-state index in [1.54, 1.807) is 0 Å². The molecule has 1 aliphatic heterocycles. The van der Waals surface area contributed by atoms with E-state index in [4.69, 9.17) is 14.2 Å². The van der Waals surface area contributed by atoms with Gasteiger partial charge < -0.3 is 14.2 Å². The number of benzene rings is 1. The van der Waals surface area contributed by atoms with Crippen molar-refractivity contribution in [1.29, 1.82) is 0 Å². The Labute approximate surface area is 123 Å². The zero-order valence-corrected chi connectivity index (χ0v) is 12.1. The molecule has 1 saturated heterocycles. The molecule has 1 aromatic rings. The smallest absolute Gasteiger partial charge is 0.326 e. The van der Waals surface area contributed by atoms with Crippen molar-refractivity contribution in [2.45, 2.75) is 31.0 Å². The summed E-state index contributed by atoms with van der Waals surface area (Å²) in [6, 6.07) is 9.63. The van der Waals surface area contributed by atoms with Crippen LogP contribution in [0.3, 0.4) is 0 Å². The minimum Gasteiger partial charge on any atom is -0.468 e. The van der Waals surface area contributed by atoms with E-state index >= 15 is 0 Å². The molecule has 3 rings (SSSR count). The van der Waals surface area contributed by atoms with Crippen LogP contribution in [-0.2, 0) is 23.8 Å². The normalized spacial score (nSPS) is 29.1. The van der Waals surface area contributed by atoms with E-state index in [2.05, 4.69) is 0 Å². The van der Waals surface area contributed by atoms with E-state index in [9.17, 15) is 9.59 Å². The molecule has 5 nitrogen and oxygen atoms in total. The van der Waals surface area contributed by atoms with Crippen molar-refractivity contribution in [3.05, 3.63) is 35.9 Å². The molecule has 1 spiro atoms. The first kappa shape index (κ1) is 14.1. The third-order valence-electron chi connectivity index (χ3n) is 4.69. The molecule has 5 heteroatoms. The van der Waals surface area contributed by atoms with Crippen molar-refractivity contribution in [2.24, 2.45) is 5.41 Å². The van der Waals surface area contributed by atoms with Crippen LogP contribution in [0.25, 0.3) is 0 Å². The van der Waals surface area contributed by atoms with Gasteiger partial charge in [-0.3, -0.25) is 9.59 Å². The van der Waals surface area contributed by atoms with E-state index in [0.29, 0.717) is 12.8 Å². The number of ether oxygens (including phenoxy) is 3. The molecule has 0 N–H and O–H groups in total.